The Kier molecular flexibility index (Phi) is 12.1. The molecule has 1 aliphatic carbocycles. The van der Waals surface area contributed by atoms with Gasteiger partial charge in [0.25, 0.3) is 0 Å². The summed E-state index contributed by atoms with van der Waals surface area (Å²) in [5.41, 5.74) is 3.94. The minimum absolute atomic E-state index is 0. The van der Waals surface area contributed by atoms with Gasteiger partial charge in [-0.2, -0.15) is 0 Å². The van der Waals surface area contributed by atoms with Crippen LogP contribution in [-0.2, 0) is 29.2 Å². The van der Waals surface area contributed by atoms with E-state index in [1.165, 1.54) is 36.0 Å². The number of ether oxygens (including phenoxy) is 2. The lowest BCUT2D eigenvalue weighted by Crippen LogP contribution is -2.46. The maximum Gasteiger partial charge on any atom is 0.191 e. The highest BCUT2D eigenvalue weighted by atomic mass is 127. The van der Waals surface area contributed by atoms with E-state index >= 15 is 0 Å². The molecule has 1 fully saturated rings. The summed E-state index contributed by atoms with van der Waals surface area (Å²) in [6, 6.07) is 18.8. The molecule has 176 valence electrons. The first-order chi connectivity index (χ1) is 15.2. The SMILES string of the molecule is CCNC(=NCc1ccc(COCc2ccccc2)cc1)NCC1(CCOC)CCC1.I. The molecule has 0 spiro atoms. The normalized spacial score (nSPS) is 14.9. The standard InChI is InChI=1S/C26H37N3O2.HI/c1-3-27-25(29-21-26(14-7-15-26)16-17-30-2)28-18-22-10-12-24(13-11-22)20-31-19-23-8-5-4-6-9-23;/h4-6,8-13H,3,7,14-21H2,1-2H3,(H2,27,28,29);1H. The van der Waals surface area contributed by atoms with E-state index in [0.29, 0.717) is 25.2 Å². The fourth-order valence-corrected chi connectivity index (χ4v) is 3.90. The molecule has 1 saturated carbocycles. The van der Waals surface area contributed by atoms with Gasteiger partial charge in [0.15, 0.2) is 5.96 Å². The van der Waals surface area contributed by atoms with Crippen LogP contribution in [0, 0.1) is 5.41 Å². The van der Waals surface area contributed by atoms with Gasteiger partial charge in [0.05, 0.1) is 19.8 Å². The van der Waals surface area contributed by atoms with Gasteiger partial charge in [-0.05, 0) is 48.3 Å². The summed E-state index contributed by atoms with van der Waals surface area (Å²) >= 11 is 0. The summed E-state index contributed by atoms with van der Waals surface area (Å²) in [7, 11) is 1.78. The Morgan fingerprint density at radius 3 is 2.19 bits per heavy atom. The minimum atomic E-state index is 0. The third kappa shape index (κ3) is 8.71. The molecule has 1 aliphatic rings. The second kappa shape index (κ2) is 14.5. The molecule has 2 aromatic carbocycles. The molecule has 0 heterocycles. The van der Waals surface area contributed by atoms with Gasteiger partial charge < -0.3 is 20.1 Å². The van der Waals surface area contributed by atoms with Crippen molar-refractivity contribution in [3.05, 3.63) is 71.3 Å². The van der Waals surface area contributed by atoms with Gasteiger partial charge in [-0.1, -0.05) is 61.0 Å². The number of benzene rings is 2. The predicted octanol–water partition coefficient (Wildman–Crippen LogP) is 5.28. The Balaban J connectivity index is 0.00000363. The number of nitrogens with zero attached hydrogens (tertiary/aromatic N) is 1. The third-order valence-corrected chi connectivity index (χ3v) is 6.05. The maximum atomic E-state index is 5.83. The lowest BCUT2D eigenvalue weighted by Gasteiger charge is -2.42. The summed E-state index contributed by atoms with van der Waals surface area (Å²) < 4.78 is 11.1. The summed E-state index contributed by atoms with van der Waals surface area (Å²) in [5, 5.41) is 6.93. The molecule has 32 heavy (non-hydrogen) atoms. The number of aliphatic imine (C=N–C) groups is 1. The summed E-state index contributed by atoms with van der Waals surface area (Å²) in [6.45, 7) is 6.66. The zero-order valence-electron chi connectivity index (χ0n) is 19.4. The van der Waals surface area contributed by atoms with Crippen molar-refractivity contribution in [3.63, 3.8) is 0 Å². The molecule has 2 aromatic rings. The minimum Gasteiger partial charge on any atom is -0.385 e. The van der Waals surface area contributed by atoms with Crippen LogP contribution >= 0.6 is 24.0 Å². The number of halogens is 1. The fourth-order valence-electron chi connectivity index (χ4n) is 3.90. The summed E-state index contributed by atoms with van der Waals surface area (Å²) in [5.74, 6) is 0.890. The molecule has 3 rings (SSSR count). The maximum absolute atomic E-state index is 5.83. The highest BCUT2D eigenvalue weighted by Gasteiger charge is 2.36. The smallest absolute Gasteiger partial charge is 0.191 e. The highest BCUT2D eigenvalue weighted by molar-refractivity contribution is 14.0. The number of hydrogen-bond acceptors (Lipinski definition) is 3. The molecule has 2 N–H and O–H groups in total. The van der Waals surface area contributed by atoms with Crippen LogP contribution in [0.15, 0.2) is 59.6 Å². The summed E-state index contributed by atoms with van der Waals surface area (Å²) in [6.07, 6.45) is 4.98. The van der Waals surface area contributed by atoms with E-state index < -0.39 is 0 Å². The summed E-state index contributed by atoms with van der Waals surface area (Å²) in [4.78, 5) is 4.79. The third-order valence-electron chi connectivity index (χ3n) is 6.05. The molecule has 0 saturated heterocycles. The van der Waals surface area contributed by atoms with Gasteiger partial charge >= 0.3 is 0 Å². The Labute approximate surface area is 210 Å². The Morgan fingerprint density at radius 1 is 0.938 bits per heavy atom. The molecule has 0 aliphatic heterocycles. The zero-order chi connectivity index (χ0) is 21.8. The van der Waals surface area contributed by atoms with Crippen LogP contribution in [0.1, 0.15) is 49.3 Å². The van der Waals surface area contributed by atoms with Crippen molar-refractivity contribution in [1.29, 1.82) is 0 Å². The number of hydrogen-bond donors (Lipinski definition) is 2. The second-order valence-electron chi connectivity index (χ2n) is 8.44. The van der Waals surface area contributed by atoms with Crippen molar-refractivity contribution < 1.29 is 9.47 Å². The Bertz CT molecular complexity index is 792. The average molecular weight is 552 g/mol. The molecule has 0 aromatic heterocycles. The first kappa shape index (κ1) is 26.6. The van der Waals surface area contributed by atoms with Gasteiger partial charge in [0.1, 0.15) is 0 Å². The molecule has 0 bridgehead atoms. The molecule has 0 atom stereocenters. The second-order valence-corrected chi connectivity index (χ2v) is 8.44. The highest BCUT2D eigenvalue weighted by Crippen LogP contribution is 2.43. The van der Waals surface area contributed by atoms with Crippen molar-refractivity contribution in [2.75, 3.05) is 26.8 Å². The van der Waals surface area contributed by atoms with Crippen LogP contribution < -0.4 is 10.6 Å². The quantitative estimate of drug-likeness (QED) is 0.214. The van der Waals surface area contributed by atoms with Crippen molar-refractivity contribution in [2.45, 2.75) is 52.4 Å². The largest absolute Gasteiger partial charge is 0.385 e. The van der Waals surface area contributed by atoms with Crippen molar-refractivity contribution >= 4 is 29.9 Å². The van der Waals surface area contributed by atoms with Crippen molar-refractivity contribution in [1.82, 2.24) is 10.6 Å². The first-order valence-corrected chi connectivity index (χ1v) is 11.4. The number of methoxy groups -OCH3 is 1. The number of rotatable bonds is 12. The van der Waals surface area contributed by atoms with E-state index in [1.807, 2.05) is 18.2 Å². The lowest BCUT2D eigenvalue weighted by molar-refractivity contribution is 0.0732. The van der Waals surface area contributed by atoms with Gasteiger partial charge in [0.2, 0.25) is 0 Å². The predicted molar refractivity (Wildman–Crippen MR) is 142 cm³/mol. The van der Waals surface area contributed by atoms with Crippen molar-refractivity contribution in [3.8, 4) is 0 Å². The lowest BCUT2D eigenvalue weighted by atomic mass is 9.67. The van der Waals surface area contributed by atoms with E-state index in [9.17, 15) is 0 Å². The first-order valence-electron chi connectivity index (χ1n) is 11.4. The number of nitrogens with one attached hydrogen (secondary N) is 2. The monoisotopic (exact) mass is 551 g/mol. The van der Waals surface area contributed by atoms with E-state index in [0.717, 1.165) is 32.1 Å². The van der Waals surface area contributed by atoms with E-state index in [2.05, 4.69) is 54.0 Å². The molecule has 0 radical (unpaired) electrons. The van der Waals surface area contributed by atoms with Crippen LogP contribution in [0.3, 0.4) is 0 Å². The molecular weight excluding hydrogens is 513 g/mol. The van der Waals surface area contributed by atoms with Crippen LogP contribution in [0.5, 0.6) is 0 Å². The average Bonchev–Trinajstić information content (AvgIpc) is 2.78. The molecule has 0 unspecified atom stereocenters. The van der Waals surface area contributed by atoms with Gasteiger partial charge in [0, 0.05) is 26.8 Å². The zero-order valence-corrected chi connectivity index (χ0v) is 21.8. The Morgan fingerprint density at radius 2 is 1.59 bits per heavy atom. The van der Waals surface area contributed by atoms with Gasteiger partial charge in [-0.3, -0.25) is 0 Å². The van der Waals surface area contributed by atoms with Crippen LogP contribution in [0.2, 0.25) is 0 Å². The van der Waals surface area contributed by atoms with Gasteiger partial charge in [-0.25, -0.2) is 4.99 Å². The van der Waals surface area contributed by atoms with Crippen molar-refractivity contribution in [2.24, 2.45) is 10.4 Å². The fraction of sp³-hybridized carbons (Fsp3) is 0.500. The molecule has 6 heteroatoms. The topological polar surface area (TPSA) is 54.9 Å². The van der Waals surface area contributed by atoms with Crippen LogP contribution in [0.25, 0.3) is 0 Å². The molecule has 0 amide bonds. The Hall–Kier alpha value is -1.64. The van der Waals surface area contributed by atoms with E-state index in [-0.39, 0.29) is 24.0 Å². The van der Waals surface area contributed by atoms with Crippen LogP contribution in [-0.4, -0.2) is 32.8 Å². The van der Waals surface area contributed by atoms with Gasteiger partial charge in [-0.15, -0.1) is 24.0 Å². The number of guanidine groups is 1. The van der Waals surface area contributed by atoms with Crippen LogP contribution in [0.4, 0.5) is 0 Å². The van der Waals surface area contributed by atoms with E-state index in [1.54, 1.807) is 7.11 Å². The molecule has 5 nitrogen and oxygen atoms in total. The molecular formula is C26H38IN3O2. The van der Waals surface area contributed by atoms with E-state index in [4.69, 9.17) is 14.5 Å².